The van der Waals surface area contributed by atoms with Gasteiger partial charge in [-0.1, -0.05) is 18.2 Å². The van der Waals surface area contributed by atoms with Gasteiger partial charge in [0.15, 0.2) is 0 Å². The van der Waals surface area contributed by atoms with Gasteiger partial charge in [0.1, 0.15) is 5.75 Å². The number of nitrogens with zero attached hydrogens (tertiary/aromatic N) is 4. The lowest BCUT2D eigenvalue weighted by atomic mass is 10.1. The Labute approximate surface area is 161 Å². The number of anilines is 1. The van der Waals surface area contributed by atoms with E-state index in [0.29, 0.717) is 17.3 Å². The van der Waals surface area contributed by atoms with Crippen molar-refractivity contribution in [3.05, 3.63) is 91.1 Å². The molecule has 4 aromatic rings. The molecule has 0 unspecified atom stereocenters. The molecule has 0 saturated heterocycles. The Morgan fingerprint density at radius 2 is 1.93 bits per heavy atom. The number of ether oxygens (including phenoxy) is 1. The summed E-state index contributed by atoms with van der Waals surface area (Å²) in [6.45, 7) is 0. The molecule has 0 bridgehead atoms. The lowest BCUT2D eigenvalue weighted by Gasteiger charge is -2.09. The predicted molar refractivity (Wildman–Crippen MR) is 104 cm³/mol. The summed E-state index contributed by atoms with van der Waals surface area (Å²) in [4.78, 5) is 20.4. The van der Waals surface area contributed by atoms with Crippen LogP contribution >= 0.6 is 0 Å². The predicted octanol–water partition coefficient (Wildman–Crippen LogP) is 3.64. The second-order valence-corrected chi connectivity index (χ2v) is 6.02. The van der Waals surface area contributed by atoms with Gasteiger partial charge in [-0.3, -0.25) is 9.78 Å². The summed E-state index contributed by atoms with van der Waals surface area (Å²) in [5, 5.41) is 7.07. The van der Waals surface area contributed by atoms with E-state index in [1.165, 1.54) is 6.20 Å². The van der Waals surface area contributed by atoms with Crippen LogP contribution in [0.4, 0.5) is 5.69 Å². The van der Waals surface area contributed by atoms with Gasteiger partial charge >= 0.3 is 0 Å². The van der Waals surface area contributed by atoms with Crippen LogP contribution in [0.5, 0.6) is 11.6 Å². The van der Waals surface area contributed by atoms with Gasteiger partial charge < -0.3 is 10.1 Å². The van der Waals surface area contributed by atoms with Gasteiger partial charge in [0.25, 0.3) is 0 Å². The highest BCUT2D eigenvalue weighted by Crippen LogP contribution is 2.22. The first kappa shape index (κ1) is 17.4. The van der Waals surface area contributed by atoms with Crippen LogP contribution in [0, 0.1) is 0 Å². The van der Waals surface area contributed by atoms with Crippen molar-refractivity contribution in [2.45, 2.75) is 6.42 Å². The number of hydrogen-bond acceptors (Lipinski definition) is 5. The fourth-order valence-corrected chi connectivity index (χ4v) is 2.67. The van der Waals surface area contributed by atoms with Crippen LogP contribution in [-0.2, 0) is 11.2 Å². The summed E-state index contributed by atoms with van der Waals surface area (Å²) in [6, 6.07) is 16.7. The maximum absolute atomic E-state index is 12.4. The number of nitrogens with one attached hydrogen (secondary N) is 1. The molecule has 0 aliphatic carbocycles. The third-order valence-electron chi connectivity index (χ3n) is 3.95. The number of rotatable bonds is 6. The van der Waals surface area contributed by atoms with Gasteiger partial charge in [-0.15, -0.1) is 0 Å². The van der Waals surface area contributed by atoms with Gasteiger partial charge in [0.2, 0.25) is 11.8 Å². The first-order valence-corrected chi connectivity index (χ1v) is 8.69. The molecule has 7 heteroatoms. The first-order chi connectivity index (χ1) is 13.8. The van der Waals surface area contributed by atoms with E-state index in [4.69, 9.17) is 4.74 Å². The van der Waals surface area contributed by atoms with Crippen molar-refractivity contribution in [3.63, 3.8) is 0 Å². The normalized spacial score (nSPS) is 10.4. The molecule has 4 rings (SSSR count). The smallest absolute Gasteiger partial charge is 0.237 e. The lowest BCUT2D eigenvalue weighted by molar-refractivity contribution is -0.115. The van der Waals surface area contributed by atoms with Gasteiger partial charge in [-0.25, -0.2) is 9.67 Å². The zero-order valence-electron chi connectivity index (χ0n) is 14.9. The molecular weight excluding hydrogens is 354 g/mol. The van der Waals surface area contributed by atoms with E-state index in [9.17, 15) is 4.79 Å². The van der Waals surface area contributed by atoms with E-state index < -0.39 is 0 Å². The van der Waals surface area contributed by atoms with E-state index in [2.05, 4.69) is 20.4 Å². The van der Waals surface area contributed by atoms with Crippen LogP contribution in [0.3, 0.4) is 0 Å². The van der Waals surface area contributed by atoms with Crippen LogP contribution in [0.2, 0.25) is 0 Å². The number of hydrogen-bond donors (Lipinski definition) is 1. The van der Waals surface area contributed by atoms with Crippen molar-refractivity contribution in [2.75, 3.05) is 5.32 Å². The average molecular weight is 371 g/mol. The van der Waals surface area contributed by atoms with Crippen molar-refractivity contribution in [1.82, 2.24) is 19.7 Å². The van der Waals surface area contributed by atoms with Crippen LogP contribution in [-0.4, -0.2) is 25.7 Å². The Morgan fingerprint density at radius 1 is 1.04 bits per heavy atom. The minimum Gasteiger partial charge on any atom is -0.437 e. The molecule has 0 radical (unpaired) electrons. The maximum atomic E-state index is 12.4. The molecule has 0 spiro atoms. The highest BCUT2D eigenvalue weighted by Gasteiger charge is 2.07. The third-order valence-corrected chi connectivity index (χ3v) is 3.95. The molecule has 2 aromatic heterocycles. The molecule has 1 amide bonds. The summed E-state index contributed by atoms with van der Waals surface area (Å²) in [6.07, 6.45) is 8.53. The topological polar surface area (TPSA) is 81.9 Å². The quantitative estimate of drug-likeness (QED) is 0.560. The Bertz CT molecular complexity index is 1050. The Morgan fingerprint density at radius 3 is 2.68 bits per heavy atom. The average Bonchev–Trinajstić information content (AvgIpc) is 3.24. The molecule has 1 N–H and O–H groups in total. The summed E-state index contributed by atoms with van der Waals surface area (Å²) in [5.74, 6) is 0.855. The highest BCUT2D eigenvalue weighted by atomic mass is 16.5. The maximum Gasteiger partial charge on any atom is 0.237 e. The molecule has 138 valence electrons. The fourth-order valence-electron chi connectivity index (χ4n) is 2.67. The first-order valence-electron chi connectivity index (χ1n) is 8.69. The second kappa shape index (κ2) is 8.13. The van der Waals surface area contributed by atoms with E-state index in [-0.39, 0.29) is 12.3 Å². The summed E-state index contributed by atoms with van der Waals surface area (Å²) in [5.41, 5.74) is 2.52. The van der Waals surface area contributed by atoms with E-state index in [1.807, 2.05) is 42.6 Å². The van der Waals surface area contributed by atoms with Gasteiger partial charge in [-0.05, 0) is 35.9 Å². The van der Waals surface area contributed by atoms with Crippen molar-refractivity contribution in [3.8, 4) is 17.3 Å². The zero-order valence-corrected chi connectivity index (χ0v) is 14.9. The molecule has 0 saturated carbocycles. The van der Waals surface area contributed by atoms with Gasteiger partial charge in [0.05, 0.1) is 18.3 Å². The standard InChI is InChI=1S/C21H17N5O2/c27-20(13-16-5-7-18(8-6-16)26-12-2-9-24-26)25-17-3-1-4-19(14-17)28-21-15-22-10-11-23-21/h1-12,14-15H,13H2,(H,25,27). The Hall–Kier alpha value is -4.00. The monoisotopic (exact) mass is 371 g/mol. The van der Waals surface area contributed by atoms with Crippen LogP contribution in [0.15, 0.2) is 85.6 Å². The third kappa shape index (κ3) is 4.39. The molecule has 7 nitrogen and oxygen atoms in total. The zero-order chi connectivity index (χ0) is 19.2. The molecule has 0 aliphatic rings. The molecule has 0 atom stereocenters. The molecule has 28 heavy (non-hydrogen) atoms. The molecular formula is C21H17N5O2. The number of carbonyl (C=O) groups is 1. The second-order valence-electron chi connectivity index (χ2n) is 6.02. The van der Waals surface area contributed by atoms with Gasteiger partial charge in [-0.2, -0.15) is 5.10 Å². The van der Waals surface area contributed by atoms with Crippen LogP contribution in [0.25, 0.3) is 5.69 Å². The SMILES string of the molecule is O=C(Cc1ccc(-n2cccn2)cc1)Nc1cccc(Oc2cnccn2)c1. The minimum atomic E-state index is -0.108. The number of amides is 1. The number of benzene rings is 2. The summed E-state index contributed by atoms with van der Waals surface area (Å²) < 4.78 is 7.40. The fraction of sp³-hybridized carbons (Fsp3) is 0.0476. The van der Waals surface area contributed by atoms with Crippen molar-refractivity contribution >= 4 is 11.6 Å². The van der Waals surface area contributed by atoms with Crippen LogP contribution < -0.4 is 10.1 Å². The highest BCUT2D eigenvalue weighted by molar-refractivity contribution is 5.92. The Kier molecular flexibility index (Phi) is 5.06. The van der Waals surface area contributed by atoms with Crippen molar-refractivity contribution in [1.29, 1.82) is 0 Å². The summed E-state index contributed by atoms with van der Waals surface area (Å²) >= 11 is 0. The van der Waals surface area contributed by atoms with Crippen LogP contribution in [0.1, 0.15) is 5.56 Å². The van der Waals surface area contributed by atoms with E-state index >= 15 is 0 Å². The van der Waals surface area contributed by atoms with E-state index in [0.717, 1.165) is 11.3 Å². The van der Waals surface area contributed by atoms with Crippen molar-refractivity contribution in [2.24, 2.45) is 0 Å². The summed E-state index contributed by atoms with van der Waals surface area (Å²) in [7, 11) is 0. The minimum absolute atomic E-state index is 0.108. The number of carbonyl (C=O) groups excluding carboxylic acids is 1. The molecule has 0 fully saturated rings. The molecule has 0 aliphatic heterocycles. The molecule has 2 aromatic carbocycles. The number of aromatic nitrogens is 4. The lowest BCUT2D eigenvalue weighted by Crippen LogP contribution is -2.14. The Balaban J connectivity index is 1.38. The molecule has 2 heterocycles. The van der Waals surface area contributed by atoms with Crippen molar-refractivity contribution < 1.29 is 9.53 Å². The largest absolute Gasteiger partial charge is 0.437 e. The van der Waals surface area contributed by atoms with E-state index in [1.54, 1.807) is 41.5 Å². The van der Waals surface area contributed by atoms with Gasteiger partial charge in [0, 0.05) is 36.5 Å².